The standard InChI is InChI=1S/C62H66ClN3S/c1-58(2,3)37-23-27-42(28-24-37)64(49-21-18-20-44-43-19-16-17-22-54(43)67-57(44)49)51-34-41(62(13,14)15)35-52(55(51)63)65-48-30-26-39(60(7,8)9)33-50(48)66-47-29-25-38(59(4,5)6)31-45(47)46-32-40(61(10,11)12)36-53(65)56(46)66/h16-36H,1-15H3. The van der Waals surface area contributed by atoms with Gasteiger partial charge in [-0.05, 0) is 128 Å². The van der Waals surface area contributed by atoms with Crippen LogP contribution in [0.25, 0.3) is 47.7 Å². The molecule has 0 fully saturated rings. The Labute approximate surface area is 408 Å². The van der Waals surface area contributed by atoms with Gasteiger partial charge in [-0.15, -0.1) is 11.3 Å². The molecule has 5 heteroatoms. The van der Waals surface area contributed by atoms with Gasteiger partial charge in [0.1, 0.15) is 0 Å². The topological polar surface area (TPSA) is 11.4 Å². The van der Waals surface area contributed by atoms with Crippen LogP contribution in [0.3, 0.4) is 0 Å². The molecule has 3 nitrogen and oxygen atoms in total. The van der Waals surface area contributed by atoms with Crippen molar-refractivity contribution in [1.29, 1.82) is 0 Å². The molecule has 67 heavy (non-hydrogen) atoms. The van der Waals surface area contributed by atoms with Gasteiger partial charge in [-0.1, -0.05) is 170 Å². The van der Waals surface area contributed by atoms with Crippen molar-refractivity contribution in [2.45, 2.75) is 131 Å². The Kier molecular flexibility index (Phi) is 10.3. The molecule has 0 saturated carbocycles. The third kappa shape index (κ3) is 7.54. The van der Waals surface area contributed by atoms with Crippen LogP contribution >= 0.6 is 22.9 Å². The van der Waals surface area contributed by atoms with Gasteiger partial charge >= 0.3 is 0 Å². The molecule has 0 unspecified atom stereocenters. The van der Waals surface area contributed by atoms with E-state index < -0.39 is 0 Å². The number of halogens is 1. The lowest BCUT2D eigenvalue weighted by molar-refractivity contribution is 0.589. The molecule has 0 N–H and O–H groups in total. The van der Waals surface area contributed by atoms with E-state index in [1.54, 1.807) is 0 Å². The van der Waals surface area contributed by atoms with E-state index in [2.05, 4.69) is 246 Å². The van der Waals surface area contributed by atoms with Gasteiger partial charge < -0.3 is 14.4 Å². The van der Waals surface area contributed by atoms with Gasteiger partial charge in [-0.3, -0.25) is 0 Å². The monoisotopic (exact) mass is 919 g/mol. The van der Waals surface area contributed by atoms with Crippen LogP contribution in [0.4, 0.5) is 34.1 Å². The molecule has 9 aromatic rings. The smallest absolute Gasteiger partial charge is 0.0887 e. The maximum atomic E-state index is 8.32. The summed E-state index contributed by atoms with van der Waals surface area (Å²) in [5, 5.41) is 5.77. The van der Waals surface area contributed by atoms with Gasteiger partial charge in [0, 0.05) is 31.9 Å². The summed E-state index contributed by atoms with van der Waals surface area (Å²) in [7, 11) is 0. The van der Waals surface area contributed by atoms with Gasteiger partial charge in [0.25, 0.3) is 0 Å². The number of anilines is 6. The molecule has 1 aliphatic heterocycles. The fourth-order valence-electron chi connectivity index (χ4n) is 9.97. The molecule has 10 rings (SSSR count). The zero-order chi connectivity index (χ0) is 47.9. The van der Waals surface area contributed by atoms with Gasteiger partial charge in [-0.2, -0.15) is 0 Å². The Hall–Kier alpha value is -5.55. The summed E-state index contributed by atoms with van der Waals surface area (Å²) in [6.45, 7) is 34.7. The second kappa shape index (κ2) is 15.2. The number of fused-ring (bicyclic) bond motifs is 8. The van der Waals surface area contributed by atoms with Crippen molar-refractivity contribution in [2.24, 2.45) is 0 Å². The molecule has 0 amide bonds. The minimum absolute atomic E-state index is 0.00400. The zero-order valence-electron chi connectivity index (χ0n) is 42.3. The second-order valence-corrected chi connectivity index (χ2v) is 25.6. The summed E-state index contributed by atoms with van der Waals surface area (Å²) < 4.78 is 5.06. The average Bonchev–Trinajstić information content (AvgIpc) is 3.80. The van der Waals surface area contributed by atoms with Crippen molar-refractivity contribution in [2.75, 3.05) is 9.80 Å². The normalized spacial score (nSPS) is 13.6. The Bertz CT molecular complexity index is 3440. The van der Waals surface area contributed by atoms with Crippen molar-refractivity contribution in [1.82, 2.24) is 4.57 Å². The molecule has 2 aromatic heterocycles. The Morgan fingerprint density at radius 1 is 0.418 bits per heavy atom. The highest BCUT2D eigenvalue weighted by Gasteiger charge is 2.36. The predicted molar refractivity (Wildman–Crippen MR) is 295 cm³/mol. The molecule has 3 heterocycles. The van der Waals surface area contributed by atoms with Gasteiger partial charge in [-0.25, -0.2) is 0 Å². The molecule has 0 aliphatic carbocycles. The summed E-state index contributed by atoms with van der Waals surface area (Å²) in [6, 6.07) is 48.6. The van der Waals surface area contributed by atoms with Crippen molar-refractivity contribution < 1.29 is 0 Å². The highest BCUT2D eigenvalue weighted by molar-refractivity contribution is 7.26. The predicted octanol–water partition coefficient (Wildman–Crippen LogP) is 19.5. The second-order valence-electron chi connectivity index (χ2n) is 24.2. The lowest BCUT2D eigenvalue weighted by Gasteiger charge is -2.38. The van der Waals surface area contributed by atoms with E-state index in [0.29, 0.717) is 5.02 Å². The third-order valence-corrected chi connectivity index (χ3v) is 15.7. The minimum Gasteiger partial charge on any atom is -0.307 e. The van der Waals surface area contributed by atoms with Crippen LogP contribution in [0, 0.1) is 0 Å². The molecule has 0 atom stereocenters. The van der Waals surface area contributed by atoms with Crippen molar-refractivity contribution in [3.63, 3.8) is 0 Å². The molecule has 342 valence electrons. The molecule has 0 bridgehead atoms. The highest BCUT2D eigenvalue weighted by atomic mass is 35.5. The number of benzene rings is 7. The van der Waals surface area contributed by atoms with Crippen molar-refractivity contribution >= 4 is 99.0 Å². The molecule has 0 spiro atoms. The number of thiophene rings is 1. The highest BCUT2D eigenvalue weighted by Crippen LogP contribution is 2.56. The summed E-state index contributed by atoms with van der Waals surface area (Å²) in [6.07, 6.45) is 0. The first-order valence-electron chi connectivity index (χ1n) is 24.0. The SMILES string of the molecule is CC(C)(C)c1ccc(N(c2cc(C(C)(C)C)cc(N3c4ccc(C(C)(C)C)cc4-n4c5ccc(C(C)(C)C)cc5c5cc(C(C)(C)C)cc3c54)c2Cl)c2cccc3c2sc2ccccc23)cc1. The van der Waals surface area contributed by atoms with E-state index >= 15 is 0 Å². The van der Waals surface area contributed by atoms with Crippen LogP contribution in [0.2, 0.25) is 5.02 Å². The van der Waals surface area contributed by atoms with Crippen LogP contribution in [-0.4, -0.2) is 4.57 Å². The lowest BCUT2D eigenvalue weighted by atomic mass is 9.84. The Morgan fingerprint density at radius 2 is 0.955 bits per heavy atom. The van der Waals surface area contributed by atoms with E-state index in [0.717, 1.165) is 39.8 Å². The maximum absolute atomic E-state index is 8.32. The van der Waals surface area contributed by atoms with E-state index in [1.807, 2.05) is 11.3 Å². The van der Waals surface area contributed by atoms with Crippen LogP contribution < -0.4 is 9.80 Å². The van der Waals surface area contributed by atoms with E-state index in [4.69, 9.17) is 11.6 Å². The summed E-state index contributed by atoms with van der Waals surface area (Å²) in [5.41, 5.74) is 15.9. The maximum Gasteiger partial charge on any atom is 0.0887 e. The van der Waals surface area contributed by atoms with Crippen LogP contribution in [0.1, 0.15) is 132 Å². The third-order valence-electron chi connectivity index (χ3n) is 14.1. The fraction of sp³-hybridized carbons (Fsp3) is 0.323. The number of nitrogens with zero attached hydrogens (tertiary/aromatic N) is 3. The fourth-order valence-corrected chi connectivity index (χ4v) is 11.5. The first-order chi connectivity index (χ1) is 31.3. The largest absolute Gasteiger partial charge is 0.307 e. The Balaban J connectivity index is 1.34. The van der Waals surface area contributed by atoms with Crippen LogP contribution in [-0.2, 0) is 27.1 Å². The average molecular weight is 921 g/mol. The zero-order valence-corrected chi connectivity index (χ0v) is 43.8. The molecule has 0 radical (unpaired) electrons. The molecule has 0 saturated heterocycles. The minimum atomic E-state index is -0.213. The number of hydrogen-bond acceptors (Lipinski definition) is 3. The van der Waals surface area contributed by atoms with Gasteiger partial charge in [0.05, 0.1) is 54.9 Å². The summed E-state index contributed by atoms with van der Waals surface area (Å²) in [5.74, 6) is 0. The first kappa shape index (κ1) is 45.2. The molecular formula is C62H66ClN3S. The first-order valence-corrected chi connectivity index (χ1v) is 25.2. The molecule has 1 aliphatic rings. The molecule has 7 aromatic carbocycles. The van der Waals surface area contributed by atoms with Crippen molar-refractivity contribution in [3.05, 3.63) is 160 Å². The number of hydrogen-bond donors (Lipinski definition) is 0. The summed E-state index contributed by atoms with van der Waals surface area (Å²) in [4.78, 5) is 4.94. The molecular weight excluding hydrogens is 854 g/mol. The van der Waals surface area contributed by atoms with Crippen molar-refractivity contribution in [3.8, 4) is 5.69 Å². The Morgan fingerprint density at radius 3 is 1.61 bits per heavy atom. The van der Waals surface area contributed by atoms with Gasteiger partial charge in [0.15, 0.2) is 0 Å². The number of aromatic nitrogens is 1. The van der Waals surface area contributed by atoms with Gasteiger partial charge in [0.2, 0.25) is 0 Å². The van der Waals surface area contributed by atoms with E-state index in [1.165, 1.54) is 69.8 Å². The van der Waals surface area contributed by atoms with E-state index in [-0.39, 0.29) is 27.1 Å². The van der Waals surface area contributed by atoms with Crippen LogP contribution in [0.15, 0.2) is 127 Å². The lowest BCUT2D eigenvalue weighted by Crippen LogP contribution is -2.23. The summed E-state index contributed by atoms with van der Waals surface area (Å²) >= 11 is 10.2. The van der Waals surface area contributed by atoms with Crippen LogP contribution in [0.5, 0.6) is 0 Å². The quantitative estimate of drug-likeness (QED) is 0.174. The number of rotatable bonds is 4. The van der Waals surface area contributed by atoms with E-state index in [9.17, 15) is 0 Å².